The Kier molecular flexibility index (Phi) is 7.08. The number of rotatable bonds is 8. The average molecular weight is 505 g/mol. The van der Waals surface area contributed by atoms with Gasteiger partial charge in [-0.1, -0.05) is 29.5 Å². The second kappa shape index (κ2) is 10.0. The Morgan fingerprint density at radius 1 is 1.26 bits per heavy atom. The first-order chi connectivity index (χ1) is 16.6. The smallest absolute Gasteiger partial charge is 0.416 e. The molecule has 0 spiro atoms. The number of esters is 1. The molecule has 0 bridgehead atoms. The molecule has 11 heteroatoms. The van der Waals surface area contributed by atoms with Crippen LogP contribution in [0.5, 0.6) is 0 Å². The van der Waals surface area contributed by atoms with Crippen LogP contribution in [0.15, 0.2) is 48.7 Å². The number of halogens is 3. The lowest BCUT2D eigenvalue weighted by atomic mass is 9.91. The topological polar surface area (TPSA) is 106 Å². The summed E-state index contributed by atoms with van der Waals surface area (Å²) in [5, 5.41) is 6.58. The lowest BCUT2D eigenvalue weighted by Gasteiger charge is -2.24. The molecule has 1 aliphatic heterocycles. The van der Waals surface area contributed by atoms with Gasteiger partial charge in [-0.05, 0) is 41.0 Å². The molecule has 0 aliphatic carbocycles. The van der Waals surface area contributed by atoms with E-state index in [1.54, 1.807) is 6.20 Å². The van der Waals surface area contributed by atoms with Crippen LogP contribution >= 0.6 is 11.3 Å². The van der Waals surface area contributed by atoms with Gasteiger partial charge in [0, 0.05) is 37.3 Å². The molecule has 4 N–H and O–H groups in total. The van der Waals surface area contributed by atoms with Crippen LogP contribution in [0, 0.1) is 0 Å². The first-order valence-electron chi connectivity index (χ1n) is 10.8. The summed E-state index contributed by atoms with van der Waals surface area (Å²) < 4.78 is 43.9. The number of ether oxygens (including phenoxy) is 1. The van der Waals surface area contributed by atoms with Crippen molar-refractivity contribution in [3.8, 4) is 10.4 Å². The van der Waals surface area contributed by atoms with Crippen molar-refractivity contribution in [3.05, 3.63) is 65.4 Å². The summed E-state index contributed by atoms with van der Waals surface area (Å²) in [5.41, 5.74) is 8.82. The molecule has 2 heterocycles. The van der Waals surface area contributed by atoms with E-state index in [0.717, 1.165) is 33.8 Å². The quantitative estimate of drug-likeness (QED) is 0.393. The van der Waals surface area contributed by atoms with Crippen LogP contribution in [0.2, 0.25) is 0 Å². The third kappa shape index (κ3) is 5.98. The molecule has 0 fully saturated rings. The van der Waals surface area contributed by atoms with Crippen molar-refractivity contribution >= 4 is 34.0 Å². The summed E-state index contributed by atoms with van der Waals surface area (Å²) in [7, 11) is 0. The van der Waals surface area contributed by atoms with Crippen molar-refractivity contribution in [2.24, 2.45) is 5.73 Å². The van der Waals surface area contributed by atoms with E-state index in [4.69, 9.17) is 10.5 Å². The fourth-order valence-corrected chi connectivity index (χ4v) is 4.63. The zero-order valence-electron chi connectivity index (χ0n) is 18.7. The Balaban J connectivity index is 1.44. The standard InChI is InChI=1S/C24H23F3N4O3S/c1-13(32)34-12-18(14-2-5-17(6-3-14)24(25,26)27)19(28)10-29-23-30-11-21(35-23)15-4-7-20-16(8-15)9-22(33)31-20/h2-8,11,18-19H,9-10,12,28H2,1H3,(H,29,30)(H,31,33)/t18-,19+/m0/s1. The van der Waals surface area contributed by atoms with E-state index >= 15 is 0 Å². The number of aromatic nitrogens is 1. The zero-order valence-corrected chi connectivity index (χ0v) is 19.5. The number of fused-ring (bicyclic) bond motifs is 1. The number of thiazole rings is 1. The number of nitrogens with zero attached hydrogens (tertiary/aromatic N) is 1. The molecule has 0 radical (unpaired) electrons. The minimum Gasteiger partial charge on any atom is -0.465 e. The Morgan fingerprint density at radius 3 is 2.69 bits per heavy atom. The van der Waals surface area contributed by atoms with Crippen LogP contribution in [0.25, 0.3) is 10.4 Å². The normalized spacial score (nSPS) is 14.7. The van der Waals surface area contributed by atoms with Crippen molar-refractivity contribution in [1.82, 2.24) is 4.98 Å². The van der Waals surface area contributed by atoms with Gasteiger partial charge in [0.15, 0.2) is 5.13 Å². The number of nitrogens with two attached hydrogens (primary N) is 1. The number of anilines is 2. The maximum atomic E-state index is 12.9. The highest BCUT2D eigenvalue weighted by molar-refractivity contribution is 7.18. The summed E-state index contributed by atoms with van der Waals surface area (Å²) in [5.74, 6) is -1.05. The maximum Gasteiger partial charge on any atom is 0.416 e. The molecule has 3 aromatic rings. The van der Waals surface area contributed by atoms with Crippen molar-refractivity contribution < 1.29 is 27.5 Å². The van der Waals surface area contributed by atoms with Gasteiger partial charge < -0.3 is 21.1 Å². The highest BCUT2D eigenvalue weighted by atomic mass is 32.1. The van der Waals surface area contributed by atoms with E-state index < -0.39 is 29.7 Å². The van der Waals surface area contributed by atoms with Crippen molar-refractivity contribution in [3.63, 3.8) is 0 Å². The molecule has 1 aromatic heterocycles. The molecule has 1 aliphatic rings. The molecular weight excluding hydrogens is 481 g/mol. The van der Waals surface area contributed by atoms with Crippen LogP contribution in [-0.2, 0) is 26.9 Å². The van der Waals surface area contributed by atoms with E-state index in [0.29, 0.717) is 17.1 Å². The highest BCUT2D eigenvalue weighted by Gasteiger charge is 2.31. The summed E-state index contributed by atoms with van der Waals surface area (Å²) in [6.07, 6.45) is -2.38. The molecule has 184 valence electrons. The number of carbonyl (C=O) groups excluding carboxylic acids is 2. The molecule has 0 saturated carbocycles. The Morgan fingerprint density at radius 2 is 2.00 bits per heavy atom. The third-order valence-electron chi connectivity index (χ3n) is 5.66. The number of hydrogen-bond donors (Lipinski definition) is 3. The van der Waals surface area contributed by atoms with E-state index in [2.05, 4.69) is 15.6 Å². The summed E-state index contributed by atoms with van der Waals surface area (Å²) in [4.78, 5) is 28.2. The minimum atomic E-state index is -4.44. The zero-order chi connectivity index (χ0) is 25.2. The molecule has 1 amide bonds. The molecule has 4 rings (SSSR count). The lowest BCUT2D eigenvalue weighted by molar-refractivity contribution is -0.141. The number of amides is 1. The van der Waals surface area contributed by atoms with Gasteiger partial charge >= 0.3 is 12.1 Å². The first kappa shape index (κ1) is 24.7. The molecule has 0 unspecified atom stereocenters. The summed E-state index contributed by atoms with van der Waals surface area (Å²) in [6.45, 7) is 1.45. The Labute approximate surface area is 203 Å². The second-order valence-corrected chi connectivity index (χ2v) is 9.23. The third-order valence-corrected chi connectivity index (χ3v) is 6.66. The predicted octanol–water partition coefficient (Wildman–Crippen LogP) is 4.41. The van der Waals surface area contributed by atoms with Gasteiger partial charge in [0.1, 0.15) is 0 Å². The van der Waals surface area contributed by atoms with Crippen LogP contribution in [0.4, 0.5) is 24.0 Å². The van der Waals surface area contributed by atoms with Crippen LogP contribution in [0.3, 0.4) is 0 Å². The van der Waals surface area contributed by atoms with Gasteiger partial charge in [-0.3, -0.25) is 9.59 Å². The fraction of sp³-hybridized carbons (Fsp3) is 0.292. The predicted molar refractivity (Wildman–Crippen MR) is 127 cm³/mol. The van der Waals surface area contributed by atoms with Crippen molar-refractivity contribution in [2.75, 3.05) is 23.8 Å². The number of nitrogens with one attached hydrogen (secondary N) is 2. The van der Waals surface area contributed by atoms with E-state index in [9.17, 15) is 22.8 Å². The van der Waals surface area contributed by atoms with Crippen LogP contribution < -0.4 is 16.4 Å². The fourth-order valence-electron chi connectivity index (χ4n) is 3.81. The maximum absolute atomic E-state index is 12.9. The van der Waals surface area contributed by atoms with Crippen molar-refractivity contribution in [1.29, 1.82) is 0 Å². The number of hydrogen-bond acceptors (Lipinski definition) is 7. The average Bonchev–Trinajstić information content (AvgIpc) is 3.42. The number of alkyl halides is 3. The number of benzene rings is 2. The molecule has 7 nitrogen and oxygen atoms in total. The minimum absolute atomic E-state index is 0.0332. The van der Waals surface area contributed by atoms with Gasteiger partial charge in [-0.15, -0.1) is 0 Å². The SMILES string of the molecule is CC(=O)OC[C@@H](c1ccc(C(F)(F)F)cc1)[C@H](N)CNc1ncc(-c2ccc3c(c2)CC(=O)N3)s1. The second-order valence-electron chi connectivity index (χ2n) is 8.20. The van der Waals surface area contributed by atoms with Gasteiger partial charge in [0.05, 0.1) is 23.5 Å². The van der Waals surface area contributed by atoms with Crippen LogP contribution in [-0.4, -0.2) is 36.1 Å². The monoisotopic (exact) mass is 504 g/mol. The van der Waals surface area contributed by atoms with E-state index in [1.165, 1.54) is 30.4 Å². The van der Waals surface area contributed by atoms with E-state index in [-0.39, 0.29) is 19.1 Å². The van der Waals surface area contributed by atoms with Gasteiger partial charge in [0.2, 0.25) is 5.91 Å². The van der Waals surface area contributed by atoms with Crippen LogP contribution in [0.1, 0.15) is 29.5 Å². The molecule has 2 aromatic carbocycles. The largest absolute Gasteiger partial charge is 0.465 e. The first-order valence-corrected chi connectivity index (χ1v) is 11.6. The summed E-state index contributed by atoms with van der Waals surface area (Å²) in [6, 6.07) is 9.84. The highest BCUT2D eigenvalue weighted by Crippen LogP contribution is 2.34. The summed E-state index contributed by atoms with van der Waals surface area (Å²) >= 11 is 1.41. The van der Waals surface area contributed by atoms with E-state index in [1.807, 2.05) is 18.2 Å². The van der Waals surface area contributed by atoms with Gasteiger partial charge in [-0.25, -0.2) is 4.98 Å². The molecular formula is C24H23F3N4O3S. The lowest BCUT2D eigenvalue weighted by Crippen LogP contribution is -2.38. The number of carbonyl (C=O) groups is 2. The van der Waals surface area contributed by atoms with Gasteiger partial charge in [-0.2, -0.15) is 13.2 Å². The Bertz CT molecular complexity index is 1230. The van der Waals surface area contributed by atoms with Gasteiger partial charge in [0.25, 0.3) is 0 Å². The molecule has 0 saturated heterocycles. The Hall–Kier alpha value is -3.44. The van der Waals surface area contributed by atoms with Crippen molar-refractivity contribution in [2.45, 2.75) is 31.5 Å². The molecule has 35 heavy (non-hydrogen) atoms. The molecule has 2 atom stereocenters.